The van der Waals surface area contributed by atoms with Gasteiger partial charge >= 0.3 is 0 Å². The summed E-state index contributed by atoms with van der Waals surface area (Å²) in [6, 6.07) is -0.333. The summed E-state index contributed by atoms with van der Waals surface area (Å²) in [4.78, 5) is 11.7. The van der Waals surface area contributed by atoms with E-state index in [9.17, 15) is 9.90 Å². The number of carbonyl (C=O) groups is 1. The minimum absolute atomic E-state index is 0. The number of Topliss-reactive ketones (excluding diaryl/α,β-unsaturated/α-hetero) is 1. The molecule has 0 spiro atoms. The van der Waals surface area contributed by atoms with Gasteiger partial charge in [-0.1, -0.05) is 32.7 Å². The molecule has 0 saturated carbocycles. The molecule has 2 atom stereocenters. The molecule has 0 amide bonds. The van der Waals surface area contributed by atoms with Crippen LogP contribution in [-0.4, -0.2) is 29.6 Å². The predicted molar refractivity (Wildman–Crippen MR) is 53.9 cm³/mol. The molecule has 14 heavy (non-hydrogen) atoms. The Morgan fingerprint density at radius 2 is 2.00 bits per heavy atom. The van der Waals surface area contributed by atoms with E-state index in [4.69, 9.17) is 0 Å². The smallest absolute Gasteiger partial charge is 0.146 e. The SMILES string of the molecule is CCC[C@H]([N-]C)C(=O)[C@](C)(O)CC.[Y]. The summed E-state index contributed by atoms with van der Waals surface area (Å²) < 4.78 is 0. The Balaban J connectivity index is 0. The fourth-order valence-electron chi connectivity index (χ4n) is 1.18. The summed E-state index contributed by atoms with van der Waals surface area (Å²) in [6.07, 6.45) is 2.08. The summed E-state index contributed by atoms with van der Waals surface area (Å²) in [5.74, 6) is -0.153. The minimum Gasteiger partial charge on any atom is -0.656 e. The average Bonchev–Trinajstić information content (AvgIpc) is 2.13. The van der Waals surface area contributed by atoms with Gasteiger partial charge in [-0.25, -0.2) is 0 Å². The second kappa shape index (κ2) is 7.92. The van der Waals surface area contributed by atoms with Crippen molar-refractivity contribution in [3.05, 3.63) is 5.32 Å². The zero-order chi connectivity index (χ0) is 10.5. The van der Waals surface area contributed by atoms with E-state index in [2.05, 4.69) is 5.32 Å². The quantitative estimate of drug-likeness (QED) is 0.804. The maximum absolute atomic E-state index is 11.7. The van der Waals surface area contributed by atoms with Gasteiger partial charge in [-0.05, 0) is 13.3 Å². The van der Waals surface area contributed by atoms with Crippen LogP contribution in [0.25, 0.3) is 5.32 Å². The molecule has 0 aromatic rings. The number of rotatable bonds is 6. The van der Waals surface area contributed by atoms with Crippen LogP contribution in [0, 0.1) is 0 Å². The molecular formula is C10H20NO2Y-. The van der Waals surface area contributed by atoms with Gasteiger partial charge in [-0.2, -0.15) is 7.05 Å². The number of carbonyl (C=O) groups excluding carboxylic acids is 1. The molecule has 0 bridgehead atoms. The third-order valence-electron chi connectivity index (χ3n) is 2.40. The van der Waals surface area contributed by atoms with Crippen molar-refractivity contribution < 1.29 is 42.6 Å². The molecule has 0 rings (SSSR count). The van der Waals surface area contributed by atoms with Crippen molar-refractivity contribution in [2.75, 3.05) is 7.05 Å². The monoisotopic (exact) mass is 275 g/mol. The molecular weight excluding hydrogens is 255 g/mol. The maximum atomic E-state index is 11.7. The number of hydrogen-bond acceptors (Lipinski definition) is 2. The summed E-state index contributed by atoms with van der Waals surface area (Å²) >= 11 is 0. The first-order chi connectivity index (χ1) is 5.99. The van der Waals surface area contributed by atoms with Crippen LogP contribution in [0.5, 0.6) is 0 Å². The molecule has 0 aliphatic rings. The molecule has 0 heterocycles. The topological polar surface area (TPSA) is 51.4 Å². The Morgan fingerprint density at radius 1 is 1.50 bits per heavy atom. The summed E-state index contributed by atoms with van der Waals surface area (Å²) in [5, 5.41) is 13.7. The third-order valence-corrected chi connectivity index (χ3v) is 2.40. The first-order valence-corrected chi connectivity index (χ1v) is 4.85. The van der Waals surface area contributed by atoms with Crippen LogP contribution in [0.3, 0.4) is 0 Å². The summed E-state index contributed by atoms with van der Waals surface area (Å²) in [6.45, 7) is 5.37. The van der Waals surface area contributed by atoms with E-state index < -0.39 is 5.60 Å². The number of aliphatic hydroxyl groups is 1. The number of nitrogens with zero attached hydrogens (tertiary/aromatic N) is 1. The van der Waals surface area contributed by atoms with Gasteiger partial charge in [0.2, 0.25) is 0 Å². The van der Waals surface area contributed by atoms with E-state index in [-0.39, 0.29) is 44.5 Å². The van der Waals surface area contributed by atoms with Crippen LogP contribution in [0.1, 0.15) is 40.0 Å². The van der Waals surface area contributed by atoms with Gasteiger partial charge in [0, 0.05) is 32.7 Å². The Morgan fingerprint density at radius 3 is 2.29 bits per heavy atom. The van der Waals surface area contributed by atoms with Crippen LogP contribution in [0.15, 0.2) is 0 Å². The first-order valence-electron chi connectivity index (χ1n) is 4.85. The van der Waals surface area contributed by atoms with Gasteiger partial charge in [0.15, 0.2) is 0 Å². The summed E-state index contributed by atoms with van der Waals surface area (Å²) in [7, 11) is 1.63. The molecule has 4 heteroatoms. The molecule has 0 unspecified atom stereocenters. The molecule has 0 fully saturated rings. The zero-order valence-electron chi connectivity index (χ0n) is 9.58. The second-order valence-electron chi connectivity index (χ2n) is 3.55. The van der Waals surface area contributed by atoms with E-state index in [1.54, 1.807) is 20.9 Å². The molecule has 0 aromatic carbocycles. The van der Waals surface area contributed by atoms with Gasteiger partial charge in [0.25, 0.3) is 0 Å². The minimum atomic E-state index is -1.21. The molecule has 0 aliphatic heterocycles. The van der Waals surface area contributed by atoms with Crippen LogP contribution in [0.2, 0.25) is 0 Å². The predicted octanol–water partition coefficient (Wildman–Crippen LogP) is 1.89. The second-order valence-corrected chi connectivity index (χ2v) is 3.55. The van der Waals surface area contributed by atoms with Crippen molar-refractivity contribution in [1.29, 1.82) is 0 Å². The van der Waals surface area contributed by atoms with E-state index >= 15 is 0 Å². The number of hydrogen-bond donors (Lipinski definition) is 1. The molecule has 0 aliphatic carbocycles. The molecule has 81 valence electrons. The average molecular weight is 275 g/mol. The molecule has 3 nitrogen and oxygen atoms in total. The first kappa shape index (κ1) is 17.1. The Labute approximate surface area is 112 Å². The van der Waals surface area contributed by atoms with Crippen molar-refractivity contribution in [3.8, 4) is 0 Å². The van der Waals surface area contributed by atoms with Gasteiger partial charge in [0.05, 0.1) is 0 Å². The van der Waals surface area contributed by atoms with Crippen molar-refractivity contribution >= 4 is 5.78 Å². The van der Waals surface area contributed by atoms with Gasteiger partial charge in [0.1, 0.15) is 11.4 Å². The van der Waals surface area contributed by atoms with Crippen LogP contribution in [0.4, 0.5) is 0 Å². The van der Waals surface area contributed by atoms with Gasteiger partial charge in [-0.3, -0.25) is 4.79 Å². The van der Waals surface area contributed by atoms with Crippen LogP contribution in [-0.2, 0) is 37.5 Å². The summed E-state index contributed by atoms with van der Waals surface area (Å²) in [5.41, 5.74) is -1.21. The van der Waals surface area contributed by atoms with Crippen molar-refractivity contribution in [2.24, 2.45) is 0 Å². The molecule has 1 N–H and O–H groups in total. The van der Waals surface area contributed by atoms with E-state index in [0.29, 0.717) is 6.42 Å². The fraction of sp³-hybridized carbons (Fsp3) is 0.900. The van der Waals surface area contributed by atoms with E-state index in [1.807, 2.05) is 6.92 Å². The standard InChI is InChI=1S/C10H20NO2.Y/c1-5-7-8(11-4)9(12)10(3,13)6-2;/h8,13H,5-7H2,1-4H3;/q-1;/t8-,10+;/m0./s1. The Bertz CT molecular complexity index is 172. The van der Waals surface area contributed by atoms with Crippen molar-refractivity contribution in [2.45, 2.75) is 51.7 Å². The Kier molecular flexibility index (Phi) is 9.67. The van der Waals surface area contributed by atoms with Crippen molar-refractivity contribution in [1.82, 2.24) is 0 Å². The molecule has 0 aromatic heterocycles. The fourth-order valence-corrected chi connectivity index (χ4v) is 1.18. The van der Waals surface area contributed by atoms with Crippen LogP contribution >= 0.6 is 0 Å². The number of likely N-dealkylation sites (N-methyl/N-ethyl adjacent to an activating group) is 1. The normalized spacial score (nSPS) is 16.6. The van der Waals surface area contributed by atoms with E-state index in [0.717, 1.165) is 12.8 Å². The van der Waals surface area contributed by atoms with E-state index in [1.165, 1.54) is 0 Å². The van der Waals surface area contributed by atoms with Gasteiger partial charge < -0.3 is 10.4 Å². The Hall–Kier alpha value is 0.694. The zero-order valence-corrected chi connectivity index (χ0v) is 12.4. The third kappa shape index (κ3) is 4.97. The largest absolute Gasteiger partial charge is 0.656 e. The molecule has 1 radical (unpaired) electrons. The van der Waals surface area contributed by atoms with Crippen molar-refractivity contribution in [3.63, 3.8) is 0 Å². The molecule has 0 saturated heterocycles. The maximum Gasteiger partial charge on any atom is 0.146 e. The number of ketones is 1. The van der Waals surface area contributed by atoms with Crippen LogP contribution < -0.4 is 0 Å². The van der Waals surface area contributed by atoms with Gasteiger partial charge in [-0.15, -0.1) is 0 Å².